The van der Waals surface area contributed by atoms with Crippen molar-refractivity contribution in [1.29, 1.82) is 0 Å². The molecule has 0 aliphatic carbocycles. The number of carboxylic acid groups (broad SMARTS) is 1. The summed E-state index contributed by atoms with van der Waals surface area (Å²) >= 11 is 0. The largest absolute Gasteiger partial charge is 0.480 e. The third-order valence-electron chi connectivity index (χ3n) is 5.82. The van der Waals surface area contributed by atoms with E-state index in [0.29, 0.717) is 31.4 Å². The molecule has 11 heteroatoms. The highest BCUT2D eigenvalue weighted by atomic mass is 16.4. The van der Waals surface area contributed by atoms with Crippen molar-refractivity contribution in [1.82, 2.24) is 15.5 Å². The first-order valence-corrected chi connectivity index (χ1v) is 11.7. The third-order valence-corrected chi connectivity index (χ3v) is 5.82. The normalized spacial score (nSPS) is 17.9. The topological polar surface area (TPSA) is 185 Å². The minimum Gasteiger partial charge on any atom is -0.480 e. The molecule has 1 aromatic carbocycles. The van der Waals surface area contributed by atoms with Crippen molar-refractivity contribution in [2.45, 2.75) is 70.1 Å². The summed E-state index contributed by atoms with van der Waals surface area (Å²) in [6, 6.07) is 4.45. The zero-order chi connectivity index (χ0) is 26.1. The van der Waals surface area contributed by atoms with Crippen LogP contribution >= 0.6 is 0 Å². The van der Waals surface area contributed by atoms with Gasteiger partial charge in [-0.05, 0) is 30.7 Å². The van der Waals surface area contributed by atoms with Gasteiger partial charge in [0.15, 0.2) is 0 Å². The molecule has 0 bridgehead atoms. The van der Waals surface area contributed by atoms with Gasteiger partial charge in [0.05, 0.1) is 12.5 Å². The molecule has 4 unspecified atom stereocenters. The van der Waals surface area contributed by atoms with Crippen molar-refractivity contribution in [2.24, 2.45) is 17.4 Å². The molecule has 192 valence electrons. The van der Waals surface area contributed by atoms with Crippen LogP contribution < -0.4 is 22.1 Å². The highest BCUT2D eigenvalue weighted by Crippen LogP contribution is 2.20. The number of nitrogens with two attached hydrogens (primary N) is 2. The van der Waals surface area contributed by atoms with Gasteiger partial charge in [-0.2, -0.15) is 0 Å². The number of primary amides is 1. The van der Waals surface area contributed by atoms with Crippen LogP contribution in [-0.2, 0) is 30.4 Å². The molecule has 1 aliphatic heterocycles. The number of aliphatic carboxylic acids is 1. The van der Waals surface area contributed by atoms with Gasteiger partial charge in [0.2, 0.25) is 23.6 Å². The summed E-state index contributed by atoms with van der Waals surface area (Å²) in [5.41, 5.74) is 12.0. The van der Waals surface area contributed by atoms with Gasteiger partial charge in [-0.25, -0.2) is 4.79 Å². The van der Waals surface area contributed by atoms with Gasteiger partial charge < -0.3 is 32.1 Å². The summed E-state index contributed by atoms with van der Waals surface area (Å²) < 4.78 is 0. The Morgan fingerprint density at radius 2 is 1.74 bits per heavy atom. The molecule has 0 radical (unpaired) electrons. The number of nitrogens with one attached hydrogen (secondary N) is 2. The Balaban J connectivity index is 2.10. The number of hydrogen-bond donors (Lipinski definition) is 5. The second-order valence-electron chi connectivity index (χ2n) is 9.25. The van der Waals surface area contributed by atoms with Crippen LogP contribution in [0.5, 0.6) is 0 Å². The average Bonchev–Trinajstić information content (AvgIpc) is 3.27. The summed E-state index contributed by atoms with van der Waals surface area (Å²) in [6.07, 6.45) is 0.917. The molecule has 0 saturated carbocycles. The van der Waals surface area contributed by atoms with Crippen LogP contribution in [-0.4, -0.2) is 70.3 Å². The Morgan fingerprint density at radius 1 is 1.09 bits per heavy atom. The third kappa shape index (κ3) is 8.36. The van der Waals surface area contributed by atoms with Gasteiger partial charge in [-0.15, -0.1) is 0 Å². The van der Waals surface area contributed by atoms with Crippen LogP contribution in [0.1, 0.15) is 45.1 Å². The van der Waals surface area contributed by atoms with E-state index in [4.69, 9.17) is 11.5 Å². The first-order chi connectivity index (χ1) is 16.5. The number of nitrogens with zero attached hydrogens (tertiary/aromatic N) is 1. The zero-order valence-electron chi connectivity index (χ0n) is 20.1. The maximum absolute atomic E-state index is 13.0. The molecule has 0 aromatic heterocycles. The fourth-order valence-corrected chi connectivity index (χ4v) is 4.13. The monoisotopic (exact) mass is 489 g/mol. The molecule has 35 heavy (non-hydrogen) atoms. The van der Waals surface area contributed by atoms with E-state index in [1.165, 1.54) is 4.90 Å². The highest BCUT2D eigenvalue weighted by Gasteiger charge is 2.38. The molecule has 1 heterocycles. The lowest BCUT2D eigenvalue weighted by molar-refractivity contribution is -0.143. The van der Waals surface area contributed by atoms with Gasteiger partial charge in [0.1, 0.15) is 18.1 Å². The van der Waals surface area contributed by atoms with Crippen LogP contribution in [0.3, 0.4) is 0 Å². The number of carboxylic acids is 1. The maximum Gasteiger partial charge on any atom is 0.326 e. The van der Waals surface area contributed by atoms with Gasteiger partial charge in [0, 0.05) is 13.0 Å². The average molecular weight is 490 g/mol. The minimum atomic E-state index is -1.39. The predicted molar refractivity (Wildman–Crippen MR) is 128 cm³/mol. The molecule has 4 atom stereocenters. The standard InChI is InChI=1S/C24H35N5O6/c1-14(2)11-16(25)23(33)29-10-6-9-19(29)22(32)27-17(13-20(26)30)21(31)28-18(24(34)35)12-15-7-4-3-5-8-15/h3-5,7-8,14,16-19H,6,9-13,25H2,1-2H3,(H2,26,30)(H,27,32)(H,28,31)(H,34,35). The molecule has 1 aliphatic rings. The lowest BCUT2D eigenvalue weighted by Gasteiger charge is -2.29. The fraction of sp³-hybridized carbons (Fsp3) is 0.542. The van der Waals surface area contributed by atoms with Crippen molar-refractivity contribution in [3.8, 4) is 0 Å². The number of carbonyl (C=O) groups excluding carboxylic acids is 4. The molecule has 2 rings (SSSR count). The molecular formula is C24H35N5O6. The Labute approximate surface area is 204 Å². The van der Waals surface area contributed by atoms with Gasteiger partial charge in [-0.1, -0.05) is 44.2 Å². The molecule has 11 nitrogen and oxygen atoms in total. The fourth-order valence-electron chi connectivity index (χ4n) is 4.13. The molecule has 4 amide bonds. The molecule has 7 N–H and O–H groups in total. The Morgan fingerprint density at radius 3 is 2.31 bits per heavy atom. The molecule has 1 fully saturated rings. The van der Waals surface area contributed by atoms with E-state index in [1.807, 2.05) is 13.8 Å². The van der Waals surface area contributed by atoms with Crippen LogP contribution in [0.25, 0.3) is 0 Å². The minimum absolute atomic E-state index is 0.0117. The van der Waals surface area contributed by atoms with Crippen molar-refractivity contribution in [3.63, 3.8) is 0 Å². The summed E-state index contributed by atoms with van der Waals surface area (Å²) in [6.45, 7) is 4.24. The van der Waals surface area contributed by atoms with Crippen LogP contribution in [0.4, 0.5) is 0 Å². The second kappa shape index (κ2) is 12.8. The predicted octanol–water partition coefficient (Wildman–Crippen LogP) is -0.477. The van der Waals surface area contributed by atoms with Crippen molar-refractivity contribution < 1.29 is 29.1 Å². The Hall–Kier alpha value is -3.47. The molecule has 1 aromatic rings. The van der Waals surface area contributed by atoms with E-state index >= 15 is 0 Å². The van der Waals surface area contributed by atoms with Gasteiger partial charge in [-0.3, -0.25) is 19.2 Å². The van der Waals surface area contributed by atoms with Crippen molar-refractivity contribution >= 4 is 29.6 Å². The Kier molecular flexibility index (Phi) is 10.2. The van der Waals surface area contributed by atoms with Crippen molar-refractivity contribution in [2.75, 3.05) is 6.54 Å². The van der Waals surface area contributed by atoms with E-state index in [2.05, 4.69) is 10.6 Å². The summed E-state index contributed by atoms with van der Waals surface area (Å²) in [7, 11) is 0. The van der Waals surface area contributed by atoms with Crippen molar-refractivity contribution in [3.05, 3.63) is 35.9 Å². The van der Waals surface area contributed by atoms with Gasteiger partial charge >= 0.3 is 5.97 Å². The van der Waals surface area contributed by atoms with Gasteiger partial charge in [0.25, 0.3) is 0 Å². The number of benzene rings is 1. The molecule has 0 spiro atoms. The number of amides is 4. The Bertz CT molecular complexity index is 922. The first kappa shape index (κ1) is 27.8. The van der Waals surface area contributed by atoms with E-state index < -0.39 is 54.3 Å². The number of likely N-dealkylation sites (tertiary alicyclic amines) is 1. The van der Waals surface area contributed by atoms with E-state index in [9.17, 15) is 29.1 Å². The molecule has 1 saturated heterocycles. The van der Waals surface area contributed by atoms with E-state index in [1.54, 1.807) is 30.3 Å². The lowest BCUT2D eigenvalue weighted by atomic mass is 10.0. The first-order valence-electron chi connectivity index (χ1n) is 11.7. The summed E-state index contributed by atoms with van der Waals surface area (Å²) in [4.78, 5) is 63.4. The zero-order valence-corrected chi connectivity index (χ0v) is 20.1. The number of hydrogen-bond acceptors (Lipinski definition) is 6. The van der Waals surface area contributed by atoms with E-state index in [0.717, 1.165) is 0 Å². The highest BCUT2D eigenvalue weighted by molar-refractivity contribution is 5.96. The van der Waals surface area contributed by atoms with Crippen LogP contribution in [0.2, 0.25) is 0 Å². The lowest BCUT2D eigenvalue weighted by Crippen LogP contribution is -2.57. The number of rotatable bonds is 12. The van der Waals surface area contributed by atoms with E-state index in [-0.39, 0.29) is 18.2 Å². The second-order valence-corrected chi connectivity index (χ2v) is 9.25. The maximum atomic E-state index is 13.0. The summed E-state index contributed by atoms with van der Waals surface area (Å²) in [5, 5.41) is 14.4. The van der Waals surface area contributed by atoms with Crippen LogP contribution in [0, 0.1) is 5.92 Å². The SMILES string of the molecule is CC(C)CC(N)C(=O)N1CCCC1C(=O)NC(CC(N)=O)C(=O)NC(Cc1ccccc1)C(=O)O. The number of carbonyl (C=O) groups is 5. The van der Waals surface area contributed by atoms with Crippen LogP contribution in [0.15, 0.2) is 30.3 Å². The smallest absolute Gasteiger partial charge is 0.326 e. The quantitative estimate of drug-likeness (QED) is 0.262. The summed E-state index contributed by atoms with van der Waals surface area (Å²) in [5.74, 6) is -3.74. The molecular weight excluding hydrogens is 454 g/mol.